The molecule has 20 heavy (non-hydrogen) atoms. The van der Waals surface area contributed by atoms with E-state index in [9.17, 15) is 9.59 Å². The molecule has 0 atom stereocenters. The third-order valence-electron chi connectivity index (χ3n) is 2.89. The Morgan fingerprint density at radius 3 is 2.85 bits per heavy atom. The van der Waals surface area contributed by atoms with Gasteiger partial charge in [-0.3, -0.25) is 14.2 Å². The molecule has 106 valence electrons. The van der Waals surface area contributed by atoms with Gasteiger partial charge >= 0.3 is 0 Å². The standard InChI is InChI=1S/C11H15N7O2/c1-8-9(2)13-6-17(11(8)20)4-3-12-10(19)5-18-7-14-15-16-18/h6-7H,3-5H2,1-2H3,(H,12,19). The highest BCUT2D eigenvalue weighted by Gasteiger charge is 2.05. The van der Waals surface area contributed by atoms with Crippen molar-refractivity contribution >= 4 is 5.91 Å². The van der Waals surface area contributed by atoms with Crippen LogP contribution in [-0.4, -0.2) is 42.2 Å². The van der Waals surface area contributed by atoms with E-state index in [1.807, 2.05) is 0 Å². The molecule has 0 spiro atoms. The second kappa shape index (κ2) is 6.04. The van der Waals surface area contributed by atoms with Crippen molar-refractivity contribution in [1.29, 1.82) is 0 Å². The first-order chi connectivity index (χ1) is 9.58. The quantitative estimate of drug-likeness (QED) is 0.725. The van der Waals surface area contributed by atoms with Gasteiger partial charge in [-0.15, -0.1) is 5.10 Å². The largest absolute Gasteiger partial charge is 0.353 e. The van der Waals surface area contributed by atoms with E-state index >= 15 is 0 Å². The van der Waals surface area contributed by atoms with Crippen LogP contribution >= 0.6 is 0 Å². The summed E-state index contributed by atoms with van der Waals surface area (Å²) >= 11 is 0. The smallest absolute Gasteiger partial charge is 0.256 e. The molecular weight excluding hydrogens is 262 g/mol. The van der Waals surface area contributed by atoms with Crippen LogP contribution in [0.1, 0.15) is 11.3 Å². The number of aryl methyl sites for hydroxylation is 1. The van der Waals surface area contributed by atoms with Gasteiger partial charge in [0, 0.05) is 24.3 Å². The van der Waals surface area contributed by atoms with E-state index in [0.717, 1.165) is 0 Å². The van der Waals surface area contributed by atoms with Gasteiger partial charge in [-0.1, -0.05) is 0 Å². The molecule has 2 rings (SSSR count). The van der Waals surface area contributed by atoms with E-state index in [1.54, 1.807) is 13.8 Å². The fourth-order valence-electron chi connectivity index (χ4n) is 1.61. The number of amides is 1. The monoisotopic (exact) mass is 277 g/mol. The first-order valence-electron chi connectivity index (χ1n) is 6.08. The Morgan fingerprint density at radius 2 is 2.15 bits per heavy atom. The first kappa shape index (κ1) is 13.8. The first-order valence-corrected chi connectivity index (χ1v) is 6.08. The fraction of sp³-hybridized carbons (Fsp3) is 0.455. The molecule has 9 heteroatoms. The summed E-state index contributed by atoms with van der Waals surface area (Å²) < 4.78 is 2.79. The van der Waals surface area contributed by atoms with E-state index in [0.29, 0.717) is 24.3 Å². The Labute approximate surface area is 114 Å². The summed E-state index contributed by atoms with van der Waals surface area (Å²) in [5.74, 6) is -0.220. The predicted octanol–water partition coefficient (Wildman–Crippen LogP) is -1.34. The lowest BCUT2D eigenvalue weighted by Crippen LogP contribution is -2.33. The van der Waals surface area contributed by atoms with Crippen molar-refractivity contribution in [3.8, 4) is 0 Å². The van der Waals surface area contributed by atoms with E-state index in [-0.39, 0.29) is 18.0 Å². The summed E-state index contributed by atoms with van der Waals surface area (Å²) in [6.45, 7) is 4.28. The zero-order chi connectivity index (χ0) is 14.5. The lowest BCUT2D eigenvalue weighted by molar-refractivity contribution is -0.121. The maximum Gasteiger partial charge on any atom is 0.256 e. The molecule has 1 amide bonds. The van der Waals surface area contributed by atoms with Crippen molar-refractivity contribution < 1.29 is 4.79 Å². The predicted molar refractivity (Wildman–Crippen MR) is 68.8 cm³/mol. The molecule has 0 aliphatic carbocycles. The van der Waals surface area contributed by atoms with Crippen LogP contribution in [-0.2, 0) is 17.9 Å². The molecule has 0 radical (unpaired) electrons. The van der Waals surface area contributed by atoms with Crippen LogP contribution in [0.3, 0.4) is 0 Å². The van der Waals surface area contributed by atoms with Crippen LogP contribution in [0.4, 0.5) is 0 Å². The van der Waals surface area contributed by atoms with Crippen LogP contribution in [0, 0.1) is 13.8 Å². The Morgan fingerprint density at radius 1 is 1.35 bits per heavy atom. The van der Waals surface area contributed by atoms with E-state index in [2.05, 4.69) is 25.8 Å². The lowest BCUT2D eigenvalue weighted by atomic mass is 10.3. The fourth-order valence-corrected chi connectivity index (χ4v) is 1.61. The average molecular weight is 277 g/mol. The van der Waals surface area contributed by atoms with Crippen molar-refractivity contribution in [2.75, 3.05) is 6.54 Å². The summed E-state index contributed by atoms with van der Waals surface area (Å²) in [5.41, 5.74) is 1.24. The third kappa shape index (κ3) is 3.25. The number of carbonyl (C=O) groups excluding carboxylic acids is 1. The van der Waals surface area contributed by atoms with Gasteiger partial charge in [0.1, 0.15) is 12.9 Å². The highest BCUT2D eigenvalue weighted by Crippen LogP contribution is 1.94. The van der Waals surface area contributed by atoms with E-state index < -0.39 is 0 Å². The molecule has 0 fully saturated rings. The van der Waals surface area contributed by atoms with Crippen molar-refractivity contribution in [1.82, 2.24) is 35.1 Å². The molecule has 2 aromatic heterocycles. The molecular formula is C11H15N7O2. The zero-order valence-electron chi connectivity index (χ0n) is 11.3. The lowest BCUT2D eigenvalue weighted by Gasteiger charge is -2.08. The Kier molecular flexibility index (Phi) is 4.18. The number of hydrogen-bond donors (Lipinski definition) is 1. The molecule has 0 aliphatic heterocycles. The number of hydrogen-bond acceptors (Lipinski definition) is 6. The molecule has 2 heterocycles. The van der Waals surface area contributed by atoms with Crippen LogP contribution in [0.15, 0.2) is 17.4 Å². The van der Waals surface area contributed by atoms with Gasteiger partial charge in [0.25, 0.3) is 5.56 Å². The van der Waals surface area contributed by atoms with Gasteiger partial charge in [0.15, 0.2) is 0 Å². The van der Waals surface area contributed by atoms with Crippen molar-refractivity contribution in [2.24, 2.45) is 0 Å². The summed E-state index contributed by atoms with van der Waals surface area (Å²) in [6.07, 6.45) is 2.84. The van der Waals surface area contributed by atoms with Gasteiger partial charge in [-0.2, -0.15) is 0 Å². The Hall–Kier alpha value is -2.58. The third-order valence-corrected chi connectivity index (χ3v) is 2.89. The SMILES string of the molecule is Cc1ncn(CCNC(=O)Cn2cnnn2)c(=O)c1C. The van der Waals surface area contributed by atoms with Gasteiger partial charge in [0.05, 0.1) is 6.33 Å². The number of aromatic nitrogens is 6. The maximum atomic E-state index is 11.9. The normalized spacial score (nSPS) is 10.5. The number of rotatable bonds is 5. The second-order valence-electron chi connectivity index (χ2n) is 4.31. The Bertz CT molecular complexity index is 647. The number of tetrazole rings is 1. The highest BCUT2D eigenvalue weighted by atomic mass is 16.2. The van der Waals surface area contributed by atoms with E-state index in [1.165, 1.54) is 21.9 Å². The van der Waals surface area contributed by atoms with Crippen molar-refractivity contribution in [3.63, 3.8) is 0 Å². The summed E-state index contributed by atoms with van der Waals surface area (Å²) in [5, 5.41) is 13.1. The van der Waals surface area contributed by atoms with Crippen molar-refractivity contribution in [3.05, 3.63) is 34.3 Å². The minimum absolute atomic E-state index is 0.0487. The average Bonchev–Trinajstić information content (AvgIpc) is 2.91. The Balaban J connectivity index is 1.86. The van der Waals surface area contributed by atoms with Crippen molar-refractivity contribution in [2.45, 2.75) is 26.9 Å². The maximum absolute atomic E-state index is 11.9. The molecule has 0 bridgehead atoms. The molecule has 1 N–H and O–H groups in total. The zero-order valence-corrected chi connectivity index (χ0v) is 11.3. The second-order valence-corrected chi connectivity index (χ2v) is 4.31. The highest BCUT2D eigenvalue weighted by molar-refractivity contribution is 5.75. The summed E-state index contributed by atoms with van der Waals surface area (Å²) in [6, 6.07) is 0. The van der Waals surface area contributed by atoms with Crippen LogP contribution < -0.4 is 10.9 Å². The topological polar surface area (TPSA) is 108 Å². The number of nitrogens with one attached hydrogen (secondary N) is 1. The number of nitrogens with zero attached hydrogens (tertiary/aromatic N) is 6. The van der Waals surface area contributed by atoms with Crippen LogP contribution in [0.2, 0.25) is 0 Å². The van der Waals surface area contributed by atoms with Crippen LogP contribution in [0.25, 0.3) is 0 Å². The van der Waals surface area contributed by atoms with Crippen LogP contribution in [0.5, 0.6) is 0 Å². The van der Waals surface area contributed by atoms with Gasteiger partial charge < -0.3 is 5.32 Å². The van der Waals surface area contributed by atoms with Gasteiger partial charge in [-0.05, 0) is 24.3 Å². The minimum atomic E-state index is -0.220. The molecule has 9 nitrogen and oxygen atoms in total. The molecule has 0 saturated heterocycles. The summed E-state index contributed by atoms with van der Waals surface area (Å²) in [4.78, 5) is 27.6. The van der Waals surface area contributed by atoms with Gasteiger partial charge in [-0.25, -0.2) is 9.67 Å². The minimum Gasteiger partial charge on any atom is -0.353 e. The molecule has 0 aliphatic rings. The summed E-state index contributed by atoms with van der Waals surface area (Å²) in [7, 11) is 0. The molecule has 0 saturated carbocycles. The molecule has 2 aromatic rings. The molecule has 0 aromatic carbocycles. The molecule has 0 unspecified atom stereocenters. The van der Waals surface area contributed by atoms with Gasteiger partial charge in [0.2, 0.25) is 5.91 Å². The number of carbonyl (C=O) groups is 1. The van der Waals surface area contributed by atoms with E-state index in [4.69, 9.17) is 0 Å².